The van der Waals surface area contributed by atoms with E-state index in [1.807, 2.05) is 0 Å². The van der Waals surface area contributed by atoms with Crippen molar-refractivity contribution in [2.24, 2.45) is 0 Å². The van der Waals surface area contributed by atoms with Crippen molar-refractivity contribution in [1.29, 1.82) is 0 Å². The quantitative estimate of drug-likeness (QED) is 0.468. The fourth-order valence-electron chi connectivity index (χ4n) is 2.30. The summed E-state index contributed by atoms with van der Waals surface area (Å²) < 4.78 is 67.8. The summed E-state index contributed by atoms with van der Waals surface area (Å²) in [5.41, 5.74) is -0.935. The minimum Gasteiger partial charge on any atom is -0.488 e. The van der Waals surface area contributed by atoms with Crippen molar-refractivity contribution in [3.05, 3.63) is 58.4 Å². The van der Waals surface area contributed by atoms with Crippen molar-refractivity contribution in [2.45, 2.75) is 26.3 Å². The third-order valence-electron chi connectivity index (χ3n) is 3.70. The standard InChI is InChI=1S/C18H16F4O5/c1-10-6-13(18(20,21)22)16(7-14(10)19)26-9-12-11(8-23)4-3-5-15(12)27-17(24)25-2/h3-7,23H,8-9H2,1-2H3. The van der Waals surface area contributed by atoms with E-state index < -0.39 is 42.7 Å². The van der Waals surface area contributed by atoms with Gasteiger partial charge in [-0.15, -0.1) is 0 Å². The minimum atomic E-state index is -4.75. The maximum Gasteiger partial charge on any atom is 0.513 e. The van der Waals surface area contributed by atoms with Crippen LogP contribution in [0.25, 0.3) is 0 Å². The van der Waals surface area contributed by atoms with Gasteiger partial charge in [-0.2, -0.15) is 13.2 Å². The zero-order valence-electron chi connectivity index (χ0n) is 14.4. The van der Waals surface area contributed by atoms with Gasteiger partial charge in [-0.1, -0.05) is 12.1 Å². The fourth-order valence-corrected chi connectivity index (χ4v) is 2.30. The molecule has 0 fully saturated rings. The first-order valence-corrected chi connectivity index (χ1v) is 7.65. The second kappa shape index (κ2) is 8.26. The molecule has 0 bridgehead atoms. The number of aliphatic hydroxyl groups is 1. The number of halogens is 4. The van der Waals surface area contributed by atoms with E-state index in [0.717, 1.165) is 7.11 Å². The van der Waals surface area contributed by atoms with E-state index in [4.69, 9.17) is 9.47 Å². The first-order valence-electron chi connectivity index (χ1n) is 7.65. The Hall–Kier alpha value is -2.81. The maximum absolute atomic E-state index is 13.7. The second-order valence-electron chi connectivity index (χ2n) is 5.49. The minimum absolute atomic E-state index is 0.0606. The summed E-state index contributed by atoms with van der Waals surface area (Å²) in [4.78, 5) is 11.3. The van der Waals surface area contributed by atoms with E-state index in [2.05, 4.69) is 4.74 Å². The monoisotopic (exact) mass is 388 g/mol. The molecule has 27 heavy (non-hydrogen) atoms. The number of benzene rings is 2. The van der Waals surface area contributed by atoms with E-state index in [9.17, 15) is 27.5 Å². The molecule has 0 amide bonds. The number of carbonyl (C=O) groups excluding carboxylic acids is 1. The Labute approximate surface area is 152 Å². The highest BCUT2D eigenvalue weighted by atomic mass is 19.4. The van der Waals surface area contributed by atoms with Crippen molar-refractivity contribution in [3.63, 3.8) is 0 Å². The van der Waals surface area contributed by atoms with Gasteiger partial charge in [-0.25, -0.2) is 9.18 Å². The second-order valence-corrected chi connectivity index (χ2v) is 5.49. The summed E-state index contributed by atoms with van der Waals surface area (Å²) in [5, 5.41) is 9.43. The normalized spacial score (nSPS) is 11.2. The van der Waals surface area contributed by atoms with Gasteiger partial charge in [0.25, 0.3) is 0 Å². The molecule has 0 aliphatic rings. The summed E-state index contributed by atoms with van der Waals surface area (Å²) in [6, 6.07) is 5.59. The summed E-state index contributed by atoms with van der Waals surface area (Å²) in [7, 11) is 1.08. The van der Waals surface area contributed by atoms with Crippen molar-refractivity contribution in [2.75, 3.05) is 7.11 Å². The molecule has 0 radical (unpaired) electrons. The van der Waals surface area contributed by atoms with E-state index >= 15 is 0 Å². The molecule has 5 nitrogen and oxygen atoms in total. The van der Waals surface area contributed by atoms with Crippen LogP contribution in [0.4, 0.5) is 22.4 Å². The Balaban J connectivity index is 2.39. The van der Waals surface area contributed by atoms with Gasteiger partial charge in [-0.3, -0.25) is 0 Å². The molecule has 0 aliphatic carbocycles. The average Bonchev–Trinajstić information content (AvgIpc) is 2.61. The van der Waals surface area contributed by atoms with Crippen LogP contribution in [0.15, 0.2) is 30.3 Å². The Morgan fingerprint density at radius 1 is 1.19 bits per heavy atom. The molecule has 2 aromatic rings. The molecule has 0 unspecified atom stereocenters. The van der Waals surface area contributed by atoms with E-state index in [-0.39, 0.29) is 22.4 Å². The first kappa shape index (κ1) is 20.5. The van der Waals surface area contributed by atoms with Crippen LogP contribution in [0.1, 0.15) is 22.3 Å². The molecule has 0 saturated carbocycles. The van der Waals surface area contributed by atoms with Gasteiger partial charge >= 0.3 is 12.3 Å². The molecule has 2 rings (SSSR count). The molecule has 0 aliphatic heterocycles. The topological polar surface area (TPSA) is 65.0 Å². The molecule has 9 heteroatoms. The highest BCUT2D eigenvalue weighted by Crippen LogP contribution is 2.38. The van der Waals surface area contributed by atoms with Crippen molar-refractivity contribution >= 4 is 6.16 Å². The van der Waals surface area contributed by atoms with E-state index in [1.165, 1.54) is 25.1 Å². The van der Waals surface area contributed by atoms with Gasteiger partial charge < -0.3 is 19.3 Å². The third kappa shape index (κ3) is 4.88. The van der Waals surface area contributed by atoms with Crippen molar-refractivity contribution in [3.8, 4) is 11.5 Å². The van der Waals surface area contributed by atoms with Crippen LogP contribution in [0.2, 0.25) is 0 Å². The predicted molar refractivity (Wildman–Crippen MR) is 85.9 cm³/mol. The number of alkyl halides is 3. The zero-order chi connectivity index (χ0) is 20.2. The molecule has 0 atom stereocenters. The molecule has 1 N–H and O–H groups in total. The van der Waals surface area contributed by atoms with Crippen LogP contribution < -0.4 is 9.47 Å². The van der Waals surface area contributed by atoms with Gasteiger partial charge in [0.15, 0.2) is 0 Å². The number of aryl methyl sites for hydroxylation is 1. The van der Waals surface area contributed by atoms with Crippen molar-refractivity contribution in [1.82, 2.24) is 0 Å². The molecule has 2 aromatic carbocycles. The van der Waals surface area contributed by atoms with Gasteiger partial charge in [0.05, 0.1) is 19.3 Å². The average molecular weight is 388 g/mol. The van der Waals surface area contributed by atoms with Crippen LogP contribution in [0, 0.1) is 12.7 Å². The Morgan fingerprint density at radius 2 is 1.89 bits per heavy atom. The molecule has 0 spiro atoms. The summed E-state index contributed by atoms with van der Waals surface area (Å²) in [5.74, 6) is -1.64. The van der Waals surface area contributed by atoms with Crippen LogP contribution in [0.3, 0.4) is 0 Å². The SMILES string of the molecule is COC(=O)Oc1cccc(CO)c1COc1cc(F)c(C)cc1C(F)(F)F. The highest BCUT2D eigenvalue weighted by Gasteiger charge is 2.35. The van der Waals surface area contributed by atoms with Gasteiger partial charge in [0.2, 0.25) is 0 Å². The molecule has 0 saturated heterocycles. The Kier molecular flexibility index (Phi) is 6.27. The third-order valence-corrected chi connectivity index (χ3v) is 3.70. The summed E-state index contributed by atoms with van der Waals surface area (Å²) in [6.07, 6.45) is -5.81. The first-order chi connectivity index (χ1) is 12.7. The largest absolute Gasteiger partial charge is 0.513 e. The Bertz CT molecular complexity index is 833. The van der Waals surface area contributed by atoms with Crippen LogP contribution in [-0.2, 0) is 24.1 Å². The summed E-state index contributed by atoms with van der Waals surface area (Å²) >= 11 is 0. The lowest BCUT2D eigenvalue weighted by molar-refractivity contribution is -0.139. The van der Waals surface area contributed by atoms with E-state index in [0.29, 0.717) is 12.1 Å². The number of rotatable bonds is 5. The predicted octanol–water partition coefficient (Wildman–Crippen LogP) is 4.37. The number of carbonyl (C=O) groups is 1. The lowest BCUT2D eigenvalue weighted by atomic mass is 10.1. The molecular weight excluding hydrogens is 372 g/mol. The van der Waals surface area contributed by atoms with Crippen LogP contribution >= 0.6 is 0 Å². The van der Waals surface area contributed by atoms with Gasteiger partial charge in [-0.05, 0) is 30.2 Å². The lowest BCUT2D eigenvalue weighted by Crippen LogP contribution is -2.13. The van der Waals surface area contributed by atoms with Crippen LogP contribution in [0.5, 0.6) is 11.5 Å². The number of methoxy groups -OCH3 is 1. The maximum atomic E-state index is 13.7. The van der Waals surface area contributed by atoms with Crippen molar-refractivity contribution < 1.29 is 41.7 Å². The fraction of sp³-hybridized carbons (Fsp3) is 0.278. The highest BCUT2D eigenvalue weighted by molar-refractivity contribution is 5.64. The summed E-state index contributed by atoms with van der Waals surface area (Å²) in [6.45, 7) is 0.220. The smallest absolute Gasteiger partial charge is 0.488 e. The number of hydrogen-bond donors (Lipinski definition) is 1. The Morgan fingerprint density at radius 3 is 2.48 bits per heavy atom. The molecule has 0 heterocycles. The van der Waals surface area contributed by atoms with Gasteiger partial charge in [0.1, 0.15) is 23.9 Å². The number of aliphatic hydroxyl groups excluding tert-OH is 1. The number of hydrogen-bond acceptors (Lipinski definition) is 5. The molecule has 0 aromatic heterocycles. The van der Waals surface area contributed by atoms with Crippen LogP contribution in [-0.4, -0.2) is 18.4 Å². The zero-order valence-corrected chi connectivity index (χ0v) is 14.4. The number of ether oxygens (including phenoxy) is 3. The molecular formula is C18H16F4O5. The molecule has 146 valence electrons. The van der Waals surface area contributed by atoms with Gasteiger partial charge in [0, 0.05) is 11.6 Å². The lowest BCUT2D eigenvalue weighted by Gasteiger charge is -2.17. The van der Waals surface area contributed by atoms with E-state index in [1.54, 1.807) is 0 Å².